The van der Waals surface area contributed by atoms with Gasteiger partial charge in [-0.25, -0.2) is 4.98 Å². The van der Waals surface area contributed by atoms with Crippen LogP contribution in [0.15, 0.2) is 6.07 Å². The largest absolute Gasteiger partial charge is 0.390 e. The number of rotatable bonds is 1. The Morgan fingerprint density at radius 2 is 2.04 bits per heavy atom. The van der Waals surface area contributed by atoms with Crippen LogP contribution in [0.25, 0.3) is 0 Å². The molecular weight excluding hydrogens is 294 g/mol. The topological polar surface area (TPSA) is 89.6 Å². The number of piperidine rings is 1. The van der Waals surface area contributed by atoms with Gasteiger partial charge in [-0.05, 0) is 44.7 Å². The van der Waals surface area contributed by atoms with Crippen molar-refractivity contribution in [2.45, 2.75) is 50.9 Å². The van der Waals surface area contributed by atoms with E-state index in [0.717, 1.165) is 17.1 Å². The number of aromatic nitrogens is 1. The van der Waals surface area contributed by atoms with Gasteiger partial charge in [0.15, 0.2) is 0 Å². The lowest BCUT2D eigenvalue weighted by Crippen LogP contribution is -2.60. The van der Waals surface area contributed by atoms with Crippen molar-refractivity contribution in [2.75, 3.05) is 24.6 Å². The zero-order valence-corrected chi connectivity index (χ0v) is 13.6. The van der Waals surface area contributed by atoms with Gasteiger partial charge in [-0.2, -0.15) is 5.26 Å². The smallest absolute Gasteiger partial charge is 0.129 e. The molecule has 0 aromatic carbocycles. The summed E-state index contributed by atoms with van der Waals surface area (Å²) in [5.41, 5.74) is 1.67. The van der Waals surface area contributed by atoms with E-state index < -0.39 is 17.8 Å². The summed E-state index contributed by atoms with van der Waals surface area (Å²) in [6.07, 6.45) is 0.279. The van der Waals surface area contributed by atoms with Gasteiger partial charge in [0.25, 0.3) is 0 Å². The van der Waals surface area contributed by atoms with E-state index in [-0.39, 0.29) is 0 Å². The fourth-order valence-corrected chi connectivity index (χ4v) is 3.67. The monoisotopic (exact) mass is 317 g/mol. The van der Waals surface area contributed by atoms with Crippen molar-refractivity contribution in [1.82, 2.24) is 4.98 Å². The van der Waals surface area contributed by atoms with Crippen LogP contribution in [0.4, 0.5) is 5.82 Å². The van der Waals surface area contributed by atoms with Crippen LogP contribution in [0.1, 0.15) is 36.1 Å². The Morgan fingerprint density at radius 3 is 2.65 bits per heavy atom. The first-order chi connectivity index (χ1) is 11.0. The molecule has 2 fully saturated rings. The van der Waals surface area contributed by atoms with Gasteiger partial charge in [-0.1, -0.05) is 0 Å². The molecule has 0 radical (unpaired) electrons. The maximum Gasteiger partial charge on any atom is 0.129 e. The highest BCUT2D eigenvalue weighted by atomic mass is 16.5. The molecule has 1 spiro atoms. The van der Waals surface area contributed by atoms with Crippen molar-refractivity contribution in [2.24, 2.45) is 0 Å². The molecule has 6 heteroatoms. The Bertz CT molecular complexity index is 609. The minimum atomic E-state index is -0.823. The number of aliphatic hydroxyl groups is 2. The molecule has 0 aliphatic carbocycles. The predicted molar refractivity (Wildman–Crippen MR) is 85.2 cm³/mol. The third kappa shape index (κ3) is 2.80. The second kappa shape index (κ2) is 6.08. The summed E-state index contributed by atoms with van der Waals surface area (Å²) >= 11 is 0. The van der Waals surface area contributed by atoms with E-state index in [0.29, 0.717) is 44.5 Å². The summed E-state index contributed by atoms with van der Waals surface area (Å²) in [4.78, 5) is 6.70. The molecule has 2 saturated heterocycles. The van der Waals surface area contributed by atoms with Crippen molar-refractivity contribution in [3.8, 4) is 6.07 Å². The minimum Gasteiger partial charge on any atom is -0.390 e. The van der Waals surface area contributed by atoms with Crippen molar-refractivity contribution in [3.63, 3.8) is 0 Å². The van der Waals surface area contributed by atoms with Gasteiger partial charge < -0.3 is 19.8 Å². The normalized spacial score (nSPS) is 27.0. The van der Waals surface area contributed by atoms with E-state index >= 15 is 0 Å². The molecule has 23 heavy (non-hydrogen) atoms. The number of anilines is 1. The second-order valence-corrected chi connectivity index (χ2v) is 6.57. The van der Waals surface area contributed by atoms with Crippen LogP contribution >= 0.6 is 0 Å². The Hall–Kier alpha value is -1.68. The molecule has 2 atom stereocenters. The van der Waals surface area contributed by atoms with Crippen LogP contribution in [0.2, 0.25) is 0 Å². The number of pyridine rings is 1. The van der Waals surface area contributed by atoms with Crippen molar-refractivity contribution in [1.29, 1.82) is 5.26 Å². The van der Waals surface area contributed by atoms with Gasteiger partial charge in [0.05, 0.1) is 29.6 Å². The highest BCUT2D eigenvalue weighted by molar-refractivity contribution is 5.50. The first-order valence-corrected chi connectivity index (χ1v) is 8.10. The van der Waals surface area contributed by atoms with E-state index in [1.165, 1.54) is 0 Å². The summed E-state index contributed by atoms with van der Waals surface area (Å²) in [6.45, 7) is 5.69. The molecule has 2 aliphatic heterocycles. The number of aliphatic hydroxyl groups excluding tert-OH is 2. The maximum atomic E-state index is 10.3. The van der Waals surface area contributed by atoms with Crippen LogP contribution in [-0.2, 0) is 4.74 Å². The molecule has 2 N–H and O–H groups in total. The molecule has 1 aromatic rings. The summed E-state index contributed by atoms with van der Waals surface area (Å²) in [7, 11) is 0. The molecule has 6 nitrogen and oxygen atoms in total. The molecule has 0 bridgehead atoms. The first-order valence-electron chi connectivity index (χ1n) is 8.10. The number of hydrogen-bond acceptors (Lipinski definition) is 6. The van der Waals surface area contributed by atoms with Gasteiger partial charge in [0.1, 0.15) is 18.0 Å². The van der Waals surface area contributed by atoms with Gasteiger partial charge in [0, 0.05) is 13.1 Å². The Kier molecular flexibility index (Phi) is 4.28. The third-order valence-corrected chi connectivity index (χ3v) is 5.14. The van der Waals surface area contributed by atoms with Crippen molar-refractivity contribution >= 4 is 5.82 Å². The molecule has 3 rings (SSSR count). The zero-order valence-electron chi connectivity index (χ0n) is 13.6. The van der Waals surface area contributed by atoms with Crippen molar-refractivity contribution < 1.29 is 14.9 Å². The van der Waals surface area contributed by atoms with E-state index in [2.05, 4.69) is 16.0 Å². The summed E-state index contributed by atoms with van der Waals surface area (Å²) < 4.78 is 5.86. The molecule has 0 saturated carbocycles. The van der Waals surface area contributed by atoms with Gasteiger partial charge in [-0.15, -0.1) is 0 Å². The van der Waals surface area contributed by atoms with Crippen LogP contribution in [0.3, 0.4) is 0 Å². The van der Waals surface area contributed by atoms with E-state index in [1.54, 1.807) is 0 Å². The number of nitriles is 1. The molecule has 3 heterocycles. The Morgan fingerprint density at radius 1 is 1.35 bits per heavy atom. The lowest BCUT2D eigenvalue weighted by molar-refractivity contribution is -0.205. The molecule has 0 unspecified atom stereocenters. The van der Waals surface area contributed by atoms with E-state index in [4.69, 9.17) is 10.00 Å². The summed E-state index contributed by atoms with van der Waals surface area (Å²) in [5, 5.41) is 29.4. The zero-order chi connectivity index (χ0) is 16.6. The Labute approximate surface area is 136 Å². The lowest BCUT2D eigenvalue weighted by atomic mass is 9.80. The number of nitrogens with zero attached hydrogens (tertiary/aromatic N) is 3. The van der Waals surface area contributed by atoms with Gasteiger partial charge in [-0.3, -0.25) is 0 Å². The van der Waals surface area contributed by atoms with Crippen LogP contribution in [-0.4, -0.2) is 52.7 Å². The van der Waals surface area contributed by atoms with Crippen LogP contribution in [0, 0.1) is 25.2 Å². The SMILES string of the molecule is Cc1cc(N2CCC3(CC2)OCC[C@H](O)[C@@H]3O)nc(C)c1C#N. The van der Waals surface area contributed by atoms with Gasteiger partial charge in [0.2, 0.25) is 0 Å². The quantitative estimate of drug-likeness (QED) is 0.805. The highest BCUT2D eigenvalue weighted by Gasteiger charge is 2.47. The van der Waals surface area contributed by atoms with Crippen LogP contribution in [0.5, 0.6) is 0 Å². The molecule has 1 aromatic heterocycles. The standard InChI is InChI=1S/C17H23N3O3/c1-11-9-15(19-12(2)13(11)10-18)20-6-4-17(5-7-20)16(22)14(21)3-8-23-17/h9,14,16,21-22H,3-8H2,1-2H3/t14-,16-/m0/s1. The fraction of sp³-hybridized carbons (Fsp3) is 0.647. The Balaban J connectivity index is 1.76. The average molecular weight is 317 g/mol. The highest BCUT2D eigenvalue weighted by Crippen LogP contribution is 2.36. The molecule has 0 amide bonds. The number of hydrogen-bond donors (Lipinski definition) is 2. The number of ether oxygens (including phenoxy) is 1. The third-order valence-electron chi connectivity index (χ3n) is 5.14. The average Bonchev–Trinajstić information content (AvgIpc) is 2.53. The van der Waals surface area contributed by atoms with Gasteiger partial charge >= 0.3 is 0 Å². The molecular formula is C17H23N3O3. The van der Waals surface area contributed by atoms with Crippen molar-refractivity contribution in [3.05, 3.63) is 22.9 Å². The fourth-order valence-electron chi connectivity index (χ4n) is 3.67. The molecule has 124 valence electrons. The summed E-state index contributed by atoms with van der Waals surface area (Å²) in [5.74, 6) is 0.861. The first kappa shape index (κ1) is 16.2. The number of aryl methyl sites for hydroxylation is 2. The summed E-state index contributed by atoms with van der Waals surface area (Å²) in [6, 6.07) is 4.13. The minimum absolute atomic E-state index is 0.488. The predicted octanol–water partition coefficient (Wildman–Crippen LogP) is 1.05. The lowest BCUT2D eigenvalue weighted by Gasteiger charge is -2.48. The van der Waals surface area contributed by atoms with E-state index in [9.17, 15) is 10.2 Å². The van der Waals surface area contributed by atoms with Crippen LogP contribution < -0.4 is 4.90 Å². The molecule has 2 aliphatic rings. The maximum absolute atomic E-state index is 10.3. The second-order valence-electron chi connectivity index (χ2n) is 6.57. The van der Waals surface area contributed by atoms with E-state index in [1.807, 2.05) is 19.9 Å².